The lowest BCUT2D eigenvalue weighted by Gasteiger charge is -2.12. The lowest BCUT2D eigenvalue weighted by Crippen LogP contribution is -2.06. The summed E-state index contributed by atoms with van der Waals surface area (Å²) in [5.74, 6) is 0.915. The Morgan fingerprint density at radius 2 is 2.10 bits per heavy atom. The normalized spacial score (nSPS) is 10.4. The Morgan fingerprint density at radius 1 is 1.35 bits per heavy atom. The molecule has 20 heavy (non-hydrogen) atoms. The zero-order valence-corrected chi connectivity index (χ0v) is 13.7. The largest absolute Gasteiger partial charge is 0.495 e. The Bertz CT molecular complexity index is 643. The molecule has 1 heterocycles. The molecule has 0 aliphatic carbocycles. The fourth-order valence-corrected chi connectivity index (χ4v) is 3.18. The van der Waals surface area contributed by atoms with Gasteiger partial charge in [0.05, 0.1) is 25.5 Å². The van der Waals surface area contributed by atoms with Crippen LogP contribution < -0.4 is 9.47 Å². The molecular formula is C13H13BrN2O3S. The molecule has 106 valence electrons. The van der Waals surface area contributed by atoms with Crippen molar-refractivity contribution < 1.29 is 14.3 Å². The van der Waals surface area contributed by atoms with Crippen LogP contribution in [0.25, 0.3) is 0 Å². The number of methoxy groups -OCH3 is 2. The summed E-state index contributed by atoms with van der Waals surface area (Å²) in [7, 11) is 3.07. The first-order valence-electron chi connectivity index (χ1n) is 5.90. The number of hydrogen-bond acceptors (Lipinski definition) is 6. The van der Waals surface area contributed by atoms with Crippen LogP contribution in [0, 0.1) is 0 Å². The van der Waals surface area contributed by atoms with Gasteiger partial charge in [-0.25, -0.2) is 0 Å². The van der Waals surface area contributed by atoms with Crippen molar-refractivity contribution >= 4 is 33.2 Å². The molecule has 0 radical (unpaired) electrons. The summed E-state index contributed by atoms with van der Waals surface area (Å²) in [6, 6.07) is 3.41. The molecular weight excluding hydrogens is 344 g/mol. The third-order valence-corrected chi connectivity index (χ3v) is 4.35. The van der Waals surface area contributed by atoms with Crippen molar-refractivity contribution in [2.75, 3.05) is 14.2 Å². The van der Waals surface area contributed by atoms with E-state index in [4.69, 9.17) is 9.47 Å². The number of hydrogen-bond donors (Lipinski definition) is 0. The number of aromatic nitrogens is 2. The molecule has 0 saturated carbocycles. The van der Waals surface area contributed by atoms with E-state index in [1.807, 2.05) is 6.92 Å². The monoisotopic (exact) mass is 356 g/mol. The van der Waals surface area contributed by atoms with Gasteiger partial charge in [0.1, 0.15) is 20.8 Å². The molecule has 0 saturated heterocycles. The standard InChI is InChI=1S/C13H13BrN2O3S/c1-4-8-13(20-16-15-8)11(17)7-5-6-9(18-2)10(14)12(7)19-3/h5-6H,4H2,1-3H3. The van der Waals surface area contributed by atoms with Crippen molar-refractivity contribution in [3.05, 3.63) is 32.7 Å². The average molecular weight is 357 g/mol. The van der Waals surface area contributed by atoms with Crippen LogP contribution in [0.5, 0.6) is 11.5 Å². The molecule has 0 amide bonds. The topological polar surface area (TPSA) is 61.3 Å². The second-order valence-electron chi connectivity index (χ2n) is 3.89. The van der Waals surface area contributed by atoms with Crippen LogP contribution in [-0.2, 0) is 6.42 Å². The molecule has 0 fully saturated rings. The van der Waals surface area contributed by atoms with E-state index in [2.05, 4.69) is 25.5 Å². The Morgan fingerprint density at radius 3 is 2.70 bits per heavy atom. The lowest BCUT2D eigenvalue weighted by atomic mass is 10.1. The van der Waals surface area contributed by atoms with Gasteiger partial charge in [-0.3, -0.25) is 4.79 Å². The zero-order chi connectivity index (χ0) is 14.7. The molecule has 7 heteroatoms. The number of carbonyl (C=O) groups is 1. The molecule has 1 aromatic carbocycles. The van der Waals surface area contributed by atoms with Gasteiger partial charge in [-0.2, -0.15) is 0 Å². The third-order valence-electron chi connectivity index (χ3n) is 2.83. The molecule has 1 aromatic heterocycles. The van der Waals surface area contributed by atoms with Gasteiger partial charge in [-0.05, 0) is 46.0 Å². The number of aryl methyl sites for hydroxylation is 1. The Labute approximate surface area is 129 Å². The number of rotatable bonds is 5. The first-order chi connectivity index (χ1) is 9.63. The van der Waals surface area contributed by atoms with Crippen LogP contribution in [0.1, 0.15) is 27.9 Å². The minimum atomic E-state index is -0.142. The number of benzene rings is 1. The quantitative estimate of drug-likeness (QED) is 0.770. The molecule has 0 spiro atoms. The number of nitrogens with zero attached hydrogens (tertiary/aromatic N) is 2. The highest BCUT2D eigenvalue weighted by atomic mass is 79.9. The molecule has 0 aliphatic rings. The fourth-order valence-electron chi connectivity index (χ4n) is 1.81. The number of ketones is 1. The van der Waals surface area contributed by atoms with Crippen molar-refractivity contribution in [3.63, 3.8) is 0 Å². The summed E-state index contributed by atoms with van der Waals surface area (Å²) in [4.78, 5) is 13.2. The van der Waals surface area contributed by atoms with Crippen LogP contribution in [0.15, 0.2) is 16.6 Å². The van der Waals surface area contributed by atoms with E-state index in [0.29, 0.717) is 38.5 Å². The molecule has 5 nitrogen and oxygen atoms in total. The summed E-state index contributed by atoms with van der Waals surface area (Å²) < 4.78 is 15.0. The predicted octanol–water partition coefficient (Wildman–Crippen LogP) is 3.11. The van der Waals surface area contributed by atoms with Crippen molar-refractivity contribution in [1.82, 2.24) is 9.59 Å². The number of ether oxygens (including phenoxy) is 2. The van der Waals surface area contributed by atoms with Gasteiger partial charge in [0.25, 0.3) is 0 Å². The van der Waals surface area contributed by atoms with Crippen LogP contribution >= 0.6 is 27.5 Å². The second kappa shape index (κ2) is 6.32. The molecule has 0 atom stereocenters. The highest BCUT2D eigenvalue weighted by Crippen LogP contribution is 2.38. The summed E-state index contributed by atoms with van der Waals surface area (Å²) in [5.41, 5.74) is 1.16. The molecule has 2 rings (SSSR count). The Hall–Kier alpha value is -1.47. The molecule has 0 N–H and O–H groups in total. The first-order valence-corrected chi connectivity index (χ1v) is 7.47. The maximum atomic E-state index is 12.6. The molecule has 0 aliphatic heterocycles. The Kier molecular flexibility index (Phi) is 4.72. The van der Waals surface area contributed by atoms with Crippen LogP contribution in [0.3, 0.4) is 0 Å². The smallest absolute Gasteiger partial charge is 0.210 e. The number of carbonyl (C=O) groups excluding carboxylic acids is 1. The molecule has 2 aromatic rings. The van der Waals surface area contributed by atoms with Crippen LogP contribution in [-0.4, -0.2) is 29.6 Å². The first kappa shape index (κ1) is 14.9. The summed E-state index contributed by atoms with van der Waals surface area (Å²) >= 11 is 4.49. The van der Waals surface area contributed by atoms with E-state index < -0.39 is 0 Å². The van der Waals surface area contributed by atoms with E-state index in [0.717, 1.165) is 11.5 Å². The highest BCUT2D eigenvalue weighted by Gasteiger charge is 2.23. The summed E-state index contributed by atoms with van der Waals surface area (Å²) in [5, 5.41) is 3.96. The van der Waals surface area contributed by atoms with Crippen molar-refractivity contribution in [2.24, 2.45) is 0 Å². The van der Waals surface area contributed by atoms with Gasteiger partial charge in [-0.1, -0.05) is 11.4 Å². The SMILES string of the molecule is CCc1nnsc1C(=O)c1ccc(OC)c(Br)c1OC. The van der Waals surface area contributed by atoms with E-state index in [1.54, 1.807) is 19.2 Å². The Balaban J connectivity index is 2.53. The van der Waals surface area contributed by atoms with Crippen LogP contribution in [0.4, 0.5) is 0 Å². The minimum absolute atomic E-state index is 0.142. The summed E-state index contributed by atoms with van der Waals surface area (Å²) in [6.07, 6.45) is 0.664. The summed E-state index contributed by atoms with van der Waals surface area (Å²) in [6.45, 7) is 1.94. The van der Waals surface area contributed by atoms with Gasteiger partial charge >= 0.3 is 0 Å². The third kappa shape index (κ3) is 2.55. The second-order valence-corrected chi connectivity index (χ2v) is 5.44. The predicted molar refractivity (Wildman–Crippen MR) is 80.0 cm³/mol. The van der Waals surface area contributed by atoms with E-state index in [9.17, 15) is 4.79 Å². The maximum Gasteiger partial charge on any atom is 0.210 e. The van der Waals surface area contributed by atoms with E-state index in [1.165, 1.54) is 7.11 Å². The zero-order valence-electron chi connectivity index (χ0n) is 11.3. The van der Waals surface area contributed by atoms with Gasteiger partial charge in [-0.15, -0.1) is 5.10 Å². The molecule has 0 bridgehead atoms. The van der Waals surface area contributed by atoms with Crippen molar-refractivity contribution in [1.29, 1.82) is 0 Å². The van der Waals surface area contributed by atoms with Gasteiger partial charge in [0, 0.05) is 0 Å². The average Bonchev–Trinajstić information content (AvgIpc) is 2.94. The van der Waals surface area contributed by atoms with Crippen LogP contribution in [0.2, 0.25) is 0 Å². The van der Waals surface area contributed by atoms with Crippen molar-refractivity contribution in [3.8, 4) is 11.5 Å². The lowest BCUT2D eigenvalue weighted by molar-refractivity contribution is 0.103. The van der Waals surface area contributed by atoms with Gasteiger partial charge in [0.15, 0.2) is 0 Å². The van der Waals surface area contributed by atoms with Gasteiger partial charge < -0.3 is 9.47 Å². The van der Waals surface area contributed by atoms with Gasteiger partial charge in [0.2, 0.25) is 5.78 Å². The molecule has 0 unspecified atom stereocenters. The van der Waals surface area contributed by atoms with E-state index >= 15 is 0 Å². The number of halogens is 1. The van der Waals surface area contributed by atoms with E-state index in [-0.39, 0.29) is 5.78 Å². The fraction of sp³-hybridized carbons (Fsp3) is 0.308. The van der Waals surface area contributed by atoms with Crippen molar-refractivity contribution in [2.45, 2.75) is 13.3 Å². The highest BCUT2D eigenvalue weighted by molar-refractivity contribution is 9.10. The maximum absolute atomic E-state index is 12.6. The minimum Gasteiger partial charge on any atom is -0.495 e.